The summed E-state index contributed by atoms with van der Waals surface area (Å²) < 4.78 is 7.28. The van der Waals surface area contributed by atoms with Gasteiger partial charge in [-0.1, -0.05) is 127 Å². The van der Waals surface area contributed by atoms with E-state index in [-0.39, 0.29) is 0 Å². The fourth-order valence-electron chi connectivity index (χ4n) is 7.97. The van der Waals surface area contributed by atoms with Crippen molar-refractivity contribution in [1.29, 1.82) is 0 Å². The van der Waals surface area contributed by atoms with Crippen molar-refractivity contribution in [3.8, 4) is 34.2 Å². The molecule has 4 heterocycles. The van der Waals surface area contributed by atoms with Crippen LogP contribution in [0.3, 0.4) is 0 Å². The molecule has 5 heteroatoms. The van der Waals surface area contributed by atoms with Gasteiger partial charge in [0.25, 0.3) is 0 Å². The first-order valence-corrected chi connectivity index (χ1v) is 18.0. The summed E-state index contributed by atoms with van der Waals surface area (Å²) in [6.07, 6.45) is 0. The first kappa shape index (κ1) is 28.3. The van der Waals surface area contributed by atoms with E-state index < -0.39 is 0 Å². The third-order valence-corrected chi connectivity index (χ3v) is 11.3. The lowest BCUT2D eigenvalue weighted by atomic mass is 10.1. The Morgan fingerprint density at radius 1 is 0.431 bits per heavy atom. The van der Waals surface area contributed by atoms with E-state index in [2.05, 4.69) is 179 Å². The lowest BCUT2D eigenvalue weighted by Crippen LogP contribution is -2.04. The van der Waals surface area contributed by atoms with Crippen LogP contribution in [0.4, 0.5) is 0 Å². The van der Waals surface area contributed by atoms with Crippen molar-refractivity contribution < 1.29 is 0 Å². The quantitative estimate of drug-likeness (QED) is 0.187. The van der Waals surface area contributed by atoms with Crippen LogP contribution >= 0.6 is 11.3 Å². The summed E-state index contributed by atoms with van der Waals surface area (Å²) in [7, 11) is 0. The van der Waals surface area contributed by atoms with Gasteiger partial charge in [0.15, 0.2) is 5.82 Å². The van der Waals surface area contributed by atoms with E-state index in [1.807, 2.05) is 11.3 Å². The van der Waals surface area contributed by atoms with Gasteiger partial charge in [-0.3, -0.25) is 4.57 Å². The first-order valence-electron chi connectivity index (χ1n) is 17.2. The highest BCUT2D eigenvalue weighted by Gasteiger charge is 2.23. The van der Waals surface area contributed by atoms with Gasteiger partial charge < -0.3 is 4.57 Å². The van der Waals surface area contributed by atoms with E-state index in [0.717, 1.165) is 44.9 Å². The lowest BCUT2D eigenvalue weighted by Gasteiger charge is -2.14. The molecule has 0 fully saturated rings. The number of fused-ring (bicyclic) bond motifs is 10. The second kappa shape index (κ2) is 11.0. The van der Waals surface area contributed by atoms with Crippen molar-refractivity contribution in [3.63, 3.8) is 0 Å². The highest BCUT2D eigenvalue weighted by molar-refractivity contribution is 7.25. The molecule has 11 rings (SSSR count). The molecular weight excluding hydrogens is 641 g/mol. The number of thiophene rings is 1. The molecule has 51 heavy (non-hydrogen) atoms. The molecule has 0 saturated carbocycles. The monoisotopic (exact) mass is 668 g/mol. The fraction of sp³-hybridized carbons (Fsp3) is 0. The fourth-order valence-corrected chi connectivity index (χ4v) is 9.10. The minimum absolute atomic E-state index is 0.710. The summed E-state index contributed by atoms with van der Waals surface area (Å²) in [6, 6.07) is 60.5. The molecule has 4 aromatic heterocycles. The Morgan fingerprint density at radius 2 is 1.02 bits per heavy atom. The van der Waals surface area contributed by atoms with Crippen LogP contribution in [0.1, 0.15) is 0 Å². The number of nitrogens with zero attached hydrogens (tertiary/aromatic N) is 4. The van der Waals surface area contributed by atoms with Gasteiger partial charge in [0.05, 0.1) is 27.8 Å². The molecule has 0 N–H and O–H groups in total. The summed E-state index contributed by atoms with van der Waals surface area (Å²) in [4.78, 5) is 10.8. The summed E-state index contributed by atoms with van der Waals surface area (Å²) in [5, 5.41) is 7.23. The van der Waals surface area contributed by atoms with Crippen molar-refractivity contribution in [2.45, 2.75) is 0 Å². The Kier molecular flexibility index (Phi) is 6.09. The van der Waals surface area contributed by atoms with Gasteiger partial charge >= 0.3 is 0 Å². The topological polar surface area (TPSA) is 35.6 Å². The highest BCUT2D eigenvalue weighted by Crippen LogP contribution is 2.43. The molecule has 7 aromatic carbocycles. The molecule has 0 aliphatic heterocycles. The van der Waals surface area contributed by atoms with Crippen LogP contribution in [0.2, 0.25) is 0 Å². The van der Waals surface area contributed by atoms with E-state index in [4.69, 9.17) is 9.97 Å². The maximum Gasteiger partial charge on any atom is 0.162 e. The largest absolute Gasteiger partial charge is 0.307 e. The molecule has 0 spiro atoms. The van der Waals surface area contributed by atoms with E-state index in [0.29, 0.717) is 5.82 Å². The second-order valence-electron chi connectivity index (χ2n) is 13.0. The molecule has 0 aliphatic rings. The predicted molar refractivity (Wildman–Crippen MR) is 214 cm³/mol. The smallest absolute Gasteiger partial charge is 0.162 e. The maximum absolute atomic E-state index is 5.52. The summed E-state index contributed by atoms with van der Waals surface area (Å²) in [6.45, 7) is 0. The van der Waals surface area contributed by atoms with E-state index >= 15 is 0 Å². The van der Waals surface area contributed by atoms with Gasteiger partial charge in [-0.15, -0.1) is 11.3 Å². The van der Waals surface area contributed by atoms with E-state index in [9.17, 15) is 0 Å². The molecule has 0 unspecified atom stereocenters. The Labute approximate surface area is 297 Å². The van der Waals surface area contributed by atoms with Crippen molar-refractivity contribution in [2.24, 2.45) is 0 Å². The van der Waals surface area contributed by atoms with Gasteiger partial charge in [-0.2, -0.15) is 0 Å². The molecule has 0 atom stereocenters. The zero-order valence-corrected chi connectivity index (χ0v) is 28.2. The molecule has 0 bridgehead atoms. The number of aromatic nitrogens is 4. The van der Waals surface area contributed by atoms with Crippen molar-refractivity contribution in [3.05, 3.63) is 170 Å². The summed E-state index contributed by atoms with van der Waals surface area (Å²) in [5.74, 6) is 1.54. The molecule has 238 valence electrons. The number of hydrogen-bond acceptors (Lipinski definition) is 3. The molecule has 0 aliphatic carbocycles. The molecule has 0 saturated heterocycles. The van der Waals surface area contributed by atoms with Crippen LogP contribution in [0.5, 0.6) is 0 Å². The van der Waals surface area contributed by atoms with E-state index in [1.54, 1.807) is 0 Å². The SMILES string of the molecule is c1ccc(-c2cc(-n3c4ccccc4c4ccc5c6ccccc6n(-c6ccccc6)c5c43)nc(-c3cccc4sc5ccccc5c34)n2)cc1. The maximum atomic E-state index is 5.52. The van der Waals surface area contributed by atoms with E-state index in [1.165, 1.54) is 47.2 Å². The van der Waals surface area contributed by atoms with Crippen LogP contribution in [-0.4, -0.2) is 19.1 Å². The molecule has 0 radical (unpaired) electrons. The zero-order chi connectivity index (χ0) is 33.5. The Hall–Kier alpha value is -6.56. The first-order chi connectivity index (χ1) is 25.3. The summed E-state index contributed by atoms with van der Waals surface area (Å²) >= 11 is 1.82. The van der Waals surface area contributed by atoms with Gasteiger partial charge in [-0.05, 0) is 36.4 Å². The van der Waals surface area contributed by atoms with Gasteiger partial charge in [-0.25, -0.2) is 9.97 Å². The molecule has 11 aromatic rings. The number of benzene rings is 7. The van der Waals surface area contributed by atoms with Crippen LogP contribution < -0.4 is 0 Å². The Morgan fingerprint density at radius 3 is 1.76 bits per heavy atom. The van der Waals surface area contributed by atoms with Gasteiger partial charge in [0.2, 0.25) is 0 Å². The van der Waals surface area contributed by atoms with Crippen LogP contribution in [0, 0.1) is 0 Å². The minimum Gasteiger partial charge on any atom is -0.307 e. The summed E-state index contributed by atoms with van der Waals surface area (Å²) in [5.41, 5.74) is 8.65. The normalized spacial score (nSPS) is 11.9. The third kappa shape index (κ3) is 4.19. The van der Waals surface area contributed by atoms with Crippen LogP contribution in [0.25, 0.3) is 97.9 Å². The number of hydrogen-bond donors (Lipinski definition) is 0. The standard InChI is InChI=1S/C46H28N4S/c1-3-14-29(15-4-1)37-28-42(48-46(47-37)36-21-13-25-41-43(36)35-20-9-12-24-40(35)51-41)50-39-23-11-8-19-32(39)34-27-26-33-31-18-7-10-22-38(31)49(44(33)45(34)50)30-16-5-2-6-17-30/h1-28H. The lowest BCUT2D eigenvalue weighted by molar-refractivity contribution is 1.05. The average molecular weight is 669 g/mol. The van der Waals surface area contributed by atoms with Crippen molar-refractivity contribution in [1.82, 2.24) is 19.1 Å². The number of rotatable bonds is 4. The zero-order valence-electron chi connectivity index (χ0n) is 27.4. The third-order valence-electron chi connectivity index (χ3n) is 10.1. The average Bonchev–Trinajstić information content (AvgIpc) is 3.86. The Balaban J connectivity index is 1.31. The minimum atomic E-state index is 0.710. The van der Waals surface area contributed by atoms with Gasteiger partial charge in [0.1, 0.15) is 5.82 Å². The molecular formula is C46H28N4S. The highest BCUT2D eigenvalue weighted by atomic mass is 32.1. The number of para-hydroxylation sites is 3. The van der Waals surface area contributed by atoms with Crippen LogP contribution in [-0.2, 0) is 0 Å². The van der Waals surface area contributed by atoms with Crippen LogP contribution in [0.15, 0.2) is 170 Å². The van der Waals surface area contributed by atoms with Crippen molar-refractivity contribution >= 4 is 75.1 Å². The predicted octanol–water partition coefficient (Wildman–Crippen LogP) is 12.4. The Bertz CT molecular complexity index is 3130. The van der Waals surface area contributed by atoms with Gasteiger partial charge in [0, 0.05) is 64.6 Å². The van der Waals surface area contributed by atoms with Crippen molar-refractivity contribution in [2.75, 3.05) is 0 Å². The molecule has 4 nitrogen and oxygen atoms in total. The molecule has 0 amide bonds. The second-order valence-corrected chi connectivity index (χ2v) is 14.1.